The van der Waals surface area contributed by atoms with E-state index in [0.717, 1.165) is 43.2 Å². The predicted octanol–water partition coefficient (Wildman–Crippen LogP) is -0.241. The largest absolute Gasteiger partial charge is 0.488 e. The lowest BCUT2D eigenvalue weighted by Gasteiger charge is -2.23. The Morgan fingerprint density at radius 3 is 1.65 bits per heavy atom. The summed E-state index contributed by atoms with van der Waals surface area (Å²) < 4.78 is 12.0. The van der Waals surface area contributed by atoms with Crippen molar-refractivity contribution < 1.29 is 28.7 Å². The van der Waals surface area contributed by atoms with Crippen molar-refractivity contribution in [3.8, 4) is 11.5 Å². The van der Waals surface area contributed by atoms with Gasteiger partial charge in [0.1, 0.15) is 13.2 Å². The minimum absolute atomic E-state index is 0.0390. The highest BCUT2D eigenvalue weighted by atomic mass is 32.1. The fraction of sp³-hybridized carbons (Fsp3) is 0.692. The highest BCUT2D eigenvalue weighted by Crippen LogP contribution is 2.32. The van der Waals surface area contributed by atoms with Gasteiger partial charge < -0.3 is 70.9 Å². The van der Waals surface area contributed by atoms with E-state index in [9.17, 15) is 19.2 Å². The zero-order valence-corrected chi connectivity index (χ0v) is 37.1. The Kier molecular flexibility index (Phi) is 28.4. The molecule has 1 aromatic rings. The van der Waals surface area contributed by atoms with Gasteiger partial charge in [-0.3, -0.25) is 29.2 Å². The van der Waals surface area contributed by atoms with Crippen LogP contribution in [-0.2, 0) is 30.7 Å². The maximum Gasteiger partial charge on any atom is 0.239 e. The molecule has 0 unspecified atom stereocenters. The Morgan fingerprint density at radius 2 is 1.12 bits per heavy atom. The van der Waals surface area contributed by atoms with Gasteiger partial charge in [0.05, 0.1) is 30.7 Å². The third-order valence-corrected chi connectivity index (χ3v) is 10.0. The Bertz CT molecular complexity index is 1490. The molecule has 0 saturated heterocycles. The lowest BCUT2D eigenvalue weighted by molar-refractivity contribution is -0.126. The molecular weight excluding hydrogens is 811 g/mol. The molecule has 0 fully saturated rings. The summed E-state index contributed by atoms with van der Waals surface area (Å²) in [7, 11) is 0. The molecule has 0 aliphatic heterocycles. The van der Waals surface area contributed by atoms with Crippen molar-refractivity contribution in [3.63, 3.8) is 0 Å². The molecule has 0 aromatic heterocycles. The first-order valence-electron chi connectivity index (χ1n) is 20.8. The summed E-state index contributed by atoms with van der Waals surface area (Å²) in [5.74, 6) is 1.16. The van der Waals surface area contributed by atoms with Crippen molar-refractivity contribution in [2.75, 3.05) is 52.5 Å². The molecule has 60 heavy (non-hydrogen) atoms. The van der Waals surface area contributed by atoms with E-state index in [1.807, 2.05) is 12.1 Å². The number of ether oxygens (including phenoxy) is 2. The number of carbonyl (C=O) groups excluding carboxylic acids is 4. The first-order valence-corrected chi connectivity index (χ1v) is 22.0. The summed E-state index contributed by atoms with van der Waals surface area (Å²) in [5, 5.41) is 11.4. The van der Waals surface area contributed by atoms with E-state index in [1.54, 1.807) is 6.92 Å². The number of guanidine groups is 2. The molecule has 0 radical (unpaired) electrons. The van der Waals surface area contributed by atoms with E-state index in [1.165, 1.54) is 0 Å². The SMILES string of the molecule is C[C@@](N)(CCCCN=C(N)N)C(=O)NCCCC[C@H](N)C(=O)NCCOc1cc(CS)c(CS)cc1OCCNC(=O)CCCCCNC(=O)[C@@H](N)CCCCN=C(N)N. The van der Waals surface area contributed by atoms with E-state index < -0.39 is 17.6 Å². The molecule has 0 aliphatic rings. The molecule has 342 valence electrons. The lowest BCUT2D eigenvalue weighted by atomic mass is 9.95. The van der Waals surface area contributed by atoms with Gasteiger partial charge in [-0.15, -0.1) is 0 Å². The second kappa shape index (κ2) is 31.7. The number of nitrogens with zero attached hydrogens (tertiary/aromatic N) is 2. The average Bonchev–Trinajstić information content (AvgIpc) is 3.21. The molecule has 1 aromatic carbocycles. The minimum Gasteiger partial charge on any atom is -0.488 e. The van der Waals surface area contributed by atoms with E-state index in [2.05, 4.69) is 56.5 Å². The van der Waals surface area contributed by atoms with E-state index in [0.29, 0.717) is 101 Å². The number of nitrogens with two attached hydrogens (primary N) is 7. The Balaban J connectivity index is 2.36. The van der Waals surface area contributed by atoms with Gasteiger partial charge in [0.15, 0.2) is 23.4 Å². The van der Waals surface area contributed by atoms with Gasteiger partial charge >= 0.3 is 0 Å². The van der Waals surface area contributed by atoms with Crippen LogP contribution >= 0.6 is 25.3 Å². The Hall–Kier alpha value is -4.18. The number of rotatable bonds is 34. The minimum atomic E-state index is -1.01. The molecular formula is C39H73N13O6S2. The summed E-state index contributed by atoms with van der Waals surface area (Å²) in [5.41, 5.74) is 40.4. The number of amides is 4. The standard InChI is InChI=1S/C39H73N13O6S2/c1-39(46,14-6-10-18-52-38(44)45)36(56)50-16-8-4-11-30(41)35(55)49-20-22-58-32-24-28(26-60)27(25-59)23-31(32)57-21-19-47-33(53)13-3-2-7-15-48-34(54)29(40)12-5-9-17-51-37(42)43/h23-24,29-30,59-60H,2-22,25-26,40-41,46H2,1H3,(H,47,53)(H,48,54)(H,49,55)(H,50,56)(H4,42,43,51)(H4,44,45,52)/t29-,30-,39+/m0/s1. The fourth-order valence-electron chi connectivity index (χ4n) is 5.77. The molecule has 18 N–H and O–H groups in total. The summed E-state index contributed by atoms with van der Waals surface area (Å²) in [6.45, 7) is 4.48. The summed E-state index contributed by atoms with van der Waals surface area (Å²) in [6, 6.07) is 2.39. The zero-order chi connectivity index (χ0) is 44.8. The lowest BCUT2D eigenvalue weighted by Crippen LogP contribution is -2.51. The van der Waals surface area contributed by atoms with E-state index in [4.69, 9.17) is 49.6 Å². The molecule has 0 heterocycles. The van der Waals surface area contributed by atoms with Crippen LogP contribution in [0.25, 0.3) is 0 Å². The van der Waals surface area contributed by atoms with Crippen LogP contribution in [0, 0.1) is 0 Å². The molecule has 0 bridgehead atoms. The van der Waals surface area contributed by atoms with Gasteiger partial charge in [0.25, 0.3) is 0 Å². The maximum absolute atomic E-state index is 12.6. The van der Waals surface area contributed by atoms with Gasteiger partial charge in [-0.25, -0.2) is 0 Å². The topological polar surface area (TPSA) is 342 Å². The number of hydrogen-bond donors (Lipinski definition) is 13. The van der Waals surface area contributed by atoms with Crippen LogP contribution in [0.15, 0.2) is 22.1 Å². The van der Waals surface area contributed by atoms with Crippen LogP contribution in [0.4, 0.5) is 0 Å². The van der Waals surface area contributed by atoms with E-state index in [-0.39, 0.29) is 61.9 Å². The fourth-order valence-corrected chi connectivity index (χ4v) is 6.35. The molecule has 4 amide bonds. The van der Waals surface area contributed by atoms with Gasteiger partial charge in [-0.05, 0) is 101 Å². The first kappa shape index (κ1) is 53.8. The third-order valence-electron chi connectivity index (χ3n) is 9.36. The van der Waals surface area contributed by atoms with Crippen LogP contribution in [0.5, 0.6) is 11.5 Å². The predicted molar refractivity (Wildman–Crippen MR) is 245 cm³/mol. The number of thiol groups is 2. The van der Waals surface area contributed by atoms with Crippen LogP contribution in [0.1, 0.15) is 102 Å². The molecule has 0 saturated carbocycles. The zero-order valence-electron chi connectivity index (χ0n) is 35.4. The van der Waals surface area contributed by atoms with Crippen LogP contribution in [-0.4, -0.2) is 106 Å². The van der Waals surface area contributed by atoms with E-state index >= 15 is 0 Å². The maximum atomic E-state index is 12.6. The van der Waals surface area contributed by atoms with Crippen molar-refractivity contribution in [1.29, 1.82) is 0 Å². The highest BCUT2D eigenvalue weighted by molar-refractivity contribution is 7.79. The average molecular weight is 884 g/mol. The number of hydrogen-bond acceptors (Lipinski definition) is 13. The smallest absolute Gasteiger partial charge is 0.239 e. The van der Waals surface area contributed by atoms with Gasteiger partial charge in [-0.1, -0.05) is 6.42 Å². The van der Waals surface area contributed by atoms with Crippen LogP contribution in [0.2, 0.25) is 0 Å². The molecule has 19 nitrogen and oxygen atoms in total. The van der Waals surface area contributed by atoms with Crippen molar-refractivity contribution in [3.05, 3.63) is 23.3 Å². The third kappa shape index (κ3) is 24.8. The van der Waals surface area contributed by atoms with Gasteiger partial charge in [0.2, 0.25) is 23.6 Å². The summed E-state index contributed by atoms with van der Waals surface area (Å²) in [6.07, 6.45) is 8.24. The molecule has 1 rings (SSSR count). The quantitative estimate of drug-likeness (QED) is 0.0184. The molecule has 3 atom stereocenters. The monoisotopic (exact) mass is 884 g/mol. The van der Waals surface area contributed by atoms with Gasteiger partial charge in [0, 0.05) is 44.1 Å². The Morgan fingerprint density at radius 1 is 0.650 bits per heavy atom. The number of nitrogens with one attached hydrogen (secondary N) is 4. The molecule has 0 spiro atoms. The first-order chi connectivity index (χ1) is 28.6. The normalized spacial score (nSPS) is 12.9. The number of carbonyl (C=O) groups is 4. The second-order valence-electron chi connectivity index (χ2n) is 14.8. The molecule has 21 heteroatoms. The van der Waals surface area contributed by atoms with Crippen LogP contribution < -0.4 is 70.9 Å². The van der Waals surface area contributed by atoms with Crippen molar-refractivity contribution in [2.24, 2.45) is 50.1 Å². The van der Waals surface area contributed by atoms with Crippen molar-refractivity contribution in [1.82, 2.24) is 21.3 Å². The van der Waals surface area contributed by atoms with Crippen molar-refractivity contribution >= 4 is 60.8 Å². The summed E-state index contributed by atoms with van der Waals surface area (Å²) in [4.78, 5) is 57.6. The second-order valence-corrected chi connectivity index (χ2v) is 15.4. The number of benzene rings is 1. The van der Waals surface area contributed by atoms with Gasteiger partial charge in [-0.2, -0.15) is 25.3 Å². The summed E-state index contributed by atoms with van der Waals surface area (Å²) >= 11 is 8.87. The van der Waals surface area contributed by atoms with Crippen LogP contribution in [0.3, 0.4) is 0 Å². The Labute approximate surface area is 366 Å². The molecule has 0 aliphatic carbocycles. The van der Waals surface area contributed by atoms with Crippen molar-refractivity contribution in [2.45, 2.75) is 120 Å². The number of unbranched alkanes of at least 4 members (excludes halogenated alkanes) is 5. The number of aliphatic imine (C=N–C) groups is 2. The highest BCUT2D eigenvalue weighted by Gasteiger charge is 2.27.